The number of aromatic amines is 1. The largest absolute Gasteiger partial charge is 0.416 e. The van der Waals surface area contributed by atoms with E-state index < -0.39 is 17.6 Å². The SMILES string of the molecule is O=C(CCCc1c(-c2ccccn2)[nH]c2ccc(Cl)cc12)Nc1cc(C(F)(F)F)ccc1Cl. The molecule has 0 saturated carbocycles. The van der Waals surface area contributed by atoms with E-state index in [-0.39, 0.29) is 17.1 Å². The summed E-state index contributed by atoms with van der Waals surface area (Å²) >= 11 is 12.2. The molecular formula is C24H18Cl2F3N3O. The number of fused-ring (bicyclic) bond motifs is 1. The minimum atomic E-state index is -4.53. The molecule has 0 radical (unpaired) electrons. The molecule has 0 fully saturated rings. The van der Waals surface area contributed by atoms with Gasteiger partial charge in [-0.05, 0) is 66.9 Å². The number of aromatic nitrogens is 2. The van der Waals surface area contributed by atoms with Crippen molar-refractivity contribution in [3.05, 3.63) is 82.0 Å². The van der Waals surface area contributed by atoms with E-state index in [2.05, 4.69) is 15.3 Å². The lowest BCUT2D eigenvalue weighted by Gasteiger charge is -2.12. The summed E-state index contributed by atoms with van der Waals surface area (Å²) < 4.78 is 38.9. The first-order valence-electron chi connectivity index (χ1n) is 10.1. The van der Waals surface area contributed by atoms with Gasteiger partial charge in [-0.2, -0.15) is 13.2 Å². The number of carbonyl (C=O) groups is 1. The molecule has 2 heterocycles. The predicted molar refractivity (Wildman–Crippen MR) is 125 cm³/mol. The number of hydrogen-bond donors (Lipinski definition) is 2. The summed E-state index contributed by atoms with van der Waals surface area (Å²) in [6.07, 6.45) is -1.73. The molecule has 0 atom stereocenters. The van der Waals surface area contributed by atoms with E-state index in [4.69, 9.17) is 23.2 Å². The Morgan fingerprint density at radius 3 is 2.61 bits per heavy atom. The Morgan fingerprint density at radius 1 is 1.06 bits per heavy atom. The number of hydrogen-bond acceptors (Lipinski definition) is 2. The number of aryl methyl sites for hydroxylation is 1. The van der Waals surface area contributed by atoms with Gasteiger partial charge in [0.25, 0.3) is 0 Å². The van der Waals surface area contributed by atoms with Crippen molar-refractivity contribution >= 4 is 45.7 Å². The molecule has 0 aliphatic rings. The fourth-order valence-corrected chi connectivity index (χ4v) is 3.98. The third kappa shape index (κ3) is 5.31. The summed E-state index contributed by atoms with van der Waals surface area (Å²) in [5.41, 5.74) is 2.53. The number of nitrogens with zero attached hydrogens (tertiary/aromatic N) is 1. The minimum absolute atomic E-state index is 0.0417. The highest BCUT2D eigenvalue weighted by molar-refractivity contribution is 6.33. The Labute approximate surface area is 197 Å². The van der Waals surface area contributed by atoms with Gasteiger partial charge in [-0.15, -0.1) is 0 Å². The molecule has 0 bridgehead atoms. The van der Waals surface area contributed by atoms with Crippen molar-refractivity contribution in [3.63, 3.8) is 0 Å². The number of rotatable bonds is 6. The number of benzene rings is 2. The zero-order valence-corrected chi connectivity index (χ0v) is 18.7. The molecule has 4 nitrogen and oxygen atoms in total. The number of nitrogens with one attached hydrogen (secondary N) is 2. The van der Waals surface area contributed by atoms with Crippen LogP contribution >= 0.6 is 23.2 Å². The number of H-pyrrole nitrogens is 1. The monoisotopic (exact) mass is 491 g/mol. The average molecular weight is 492 g/mol. The minimum Gasteiger partial charge on any atom is -0.353 e. The van der Waals surface area contributed by atoms with Crippen molar-refractivity contribution in [1.82, 2.24) is 9.97 Å². The highest BCUT2D eigenvalue weighted by Gasteiger charge is 2.31. The zero-order valence-electron chi connectivity index (χ0n) is 17.1. The van der Waals surface area contributed by atoms with Gasteiger partial charge in [0.15, 0.2) is 0 Å². The third-order valence-electron chi connectivity index (χ3n) is 5.19. The predicted octanol–water partition coefficient (Wildman–Crippen LogP) is 7.52. The molecule has 0 aliphatic carbocycles. The highest BCUT2D eigenvalue weighted by Crippen LogP contribution is 2.34. The van der Waals surface area contributed by atoms with Crippen molar-refractivity contribution in [2.24, 2.45) is 0 Å². The molecule has 33 heavy (non-hydrogen) atoms. The fraction of sp³-hybridized carbons (Fsp3) is 0.167. The topological polar surface area (TPSA) is 57.8 Å². The number of pyridine rings is 1. The van der Waals surface area contributed by atoms with Crippen LogP contribution in [0.1, 0.15) is 24.0 Å². The van der Waals surface area contributed by atoms with E-state index in [1.165, 1.54) is 0 Å². The lowest BCUT2D eigenvalue weighted by molar-refractivity contribution is -0.137. The van der Waals surface area contributed by atoms with Crippen molar-refractivity contribution in [2.45, 2.75) is 25.4 Å². The Hall–Kier alpha value is -3.03. The molecule has 0 unspecified atom stereocenters. The second-order valence-electron chi connectivity index (χ2n) is 7.48. The first-order valence-corrected chi connectivity index (χ1v) is 10.9. The molecule has 2 aromatic carbocycles. The van der Waals surface area contributed by atoms with Gasteiger partial charge in [0, 0.05) is 28.5 Å². The second kappa shape index (κ2) is 9.45. The van der Waals surface area contributed by atoms with Crippen LogP contribution in [0.2, 0.25) is 10.0 Å². The van der Waals surface area contributed by atoms with Crippen molar-refractivity contribution in [2.75, 3.05) is 5.32 Å². The van der Waals surface area contributed by atoms with Gasteiger partial charge in [0.1, 0.15) is 0 Å². The van der Waals surface area contributed by atoms with Crippen LogP contribution in [0.25, 0.3) is 22.3 Å². The van der Waals surface area contributed by atoms with Gasteiger partial charge in [0.2, 0.25) is 5.91 Å². The molecular weight excluding hydrogens is 474 g/mol. The molecule has 170 valence electrons. The molecule has 9 heteroatoms. The van der Waals surface area contributed by atoms with Crippen LogP contribution < -0.4 is 5.32 Å². The molecule has 0 spiro atoms. The van der Waals surface area contributed by atoms with E-state index in [1.807, 2.05) is 30.3 Å². The summed E-state index contributed by atoms with van der Waals surface area (Å²) in [5, 5.41) is 4.05. The first kappa shape index (κ1) is 23.1. The smallest absolute Gasteiger partial charge is 0.353 e. The third-order valence-corrected chi connectivity index (χ3v) is 5.75. The van der Waals surface area contributed by atoms with Crippen molar-refractivity contribution in [3.8, 4) is 11.4 Å². The molecule has 2 N–H and O–H groups in total. The van der Waals surface area contributed by atoms with E-state index in [9.17, 15) is 18.0 Å². The van der Waals surface area contributed by atoms with Gasteiger partial charge in [-0.1, -0.05) is 29.3 Å². The van der Waals surface area contributed by atoms with Gasteiger partial charge in [-0.3, -0.25) is 9.78 Å². The Balaban J connectivity index is 1.51. The lowest BCUT2D eigenvalue weighted by atomic mass is 10.0. The van der Waals surface area contributed by atoms with E-state index in [1.54, 1.807) is 12.3 Å². The molecule has 0 aliphatic heterocycles. The number of alkyl halides is 3. The summed E-state index contributed by atoms with van der Waals surface area (Å²) in [6.45, 7) is 0. The molecule has 4 rings (SSSR count). The maximum atomic E-state index is 13.0. The molecule has 4 aromatic rings. The van der Waals surface area contributed by atoms with Gasteiger partial charge in [0.05, 0.1) is 27.7 Å². The van der Waals surface area contributed by atoms with Crippen LogP contribution in [0, 0.1) is 0 Å². The van der Waals surface area contributed by atoms with Crippen LogP contribution in [-0.2, 0) is 17.4 Å². The molecule has 1 amide bonds. The maximum absolute atomic E-state index is 13.0. The average Bonchev–Trinajstić information content (AvgIpc) is 3.13. The number of anilines is 1. The Morgan fingerprint density at radius 2 is 1.88 bits per heavy atom. The summed E-state index contributed by atoms with van der Waals surface area (Å²) in [6, 6.07) is 14.0. The van der Waals surface area contributed by atoms with E-state index in [0.29, 0.717) is 17.9 Å². The molecule has 2 aromatic heterocycles. The number of carbonyl (C=O) groups excluding carboxylic acids is 1. The molecule has 0 saturated heterocycles. The Bertz CT molecular complexity index is 1300. The van der Waals surface area contributed by atoms with Crippen molar-refractivity contribution in [1.29, 1.82) is 0 Å². The van der Waals surface area contributed by atoms with Crippen LogP contribution in [0.4, 0.5) is 18.9 Å². The van der Waals surface area contributed by atoms with Gasteiger partial charge >= 0.3 is 6.18 Å². The normalized spacial score (nSPS) is 11.7. The van der Waals surface area contributed by atoms with Crippen LogP contribution in [-0.4, -0.2) is 15.9 Å². The van der Waals surface area contributed by atoms with E-state index >= 15 is 0 Å². The van der Waals surface area contributed by atoms with E-state index in [0.717, 1.165) is 46.1 Å². The number of halogens is 5. The maximum Gasteiger partial charge on any atom is 0.416 e. The van der Waals surface area contributed by atoms with Crippen LogP contribution in [0.5, 0.6) is 0 Å². The highest BCUT2D eigenvalue weighted by atomic mass is 35.5. The fourth-order valence-electron chi connectivity index (χ4n) is 3.64. The lowest BCUT2D eigenvalue weighted by Crippen LogP contribution is -2.13. The first-order chi connectivity index (χ1) is 15.7. The van der Waals surface area contributed by atoms with Gasteiger partial charge in [-0.25, -0.2) is 0 Å². The van der Waals surface area contributed by atoms with Crippen LogP contribution in [0.3, 0.4) is 0 Å². The van der Waals surface area contributed by atoms with Gasteiger partial charge < -0.3 is 10.3 Å². The standard InChI is InChI=1S/C24H18Cl2F3N3O/c25-15-8-10-19-17(13-15)16(23(32-19)20-5-1-2-11-30-20)4-3-6-22(33)31-21-12-14(24(27,28)29)7-9-18(21)26/h1-2,5,7-13,32H,3-4,6H2,(H,31,33). The summed E-state index contributed by atoms with van der Waals surface area (Å²) in [5.74, 6) is -0.423. The van der Waals surface area contributed by atoms with Crippen LogP contribution in [0.15, 0.2) is 60.8 Å². The summed E-state index contributed by atoms with van der Waals surface area (Å²) in [7, 11) is 0. The zero-order chi connectivity index (χ0) is 23.6. The summed E-state index contributed by atoms with van der Waals surface area (Å²) in [4.78, 5) is 20.2. The number of amides is 1. The quantitative estimate of drug-likeness (QED) is 0.293. The second-order valence-corrected chi connectivity index (χ2v) is 8.32. The van der Waals surface area contributed by atoms with Crippen molar-refractivity contribution < 1.29 is 18.0 Å². The Kier molecular flexibility index (Phi) is 6.63.